The first kappa shape index (κ1) is 18.0. The maximum Gasteiger partial charge on any atom is 0.209 e. The molecular formula is C17H21ClN5OS+. The van der Waals surface area contributed by atoms with Gasteiger partial charge in [-0.2, -0.15) is 0 Å². The lowest BCUT2D eigenvalue weighted by atomic mass is 10.1. The maximum atomic E-state index is 6.19. The van der Waals surface area contributed by atoms with E-state index < -0.39 is 0 Å². The number of halogens is 1. The number of benzene rings is 1. The molecule has 0 amide bonds. The Morgan fingerprint density at radius 2 is 2.16 bits per heavy atom. The fourth-order valence-corrected chi connectivity index (χ4v) is 3.47. The van der Waals surface area contributed by atoms with Crippen molar-refractivity contribution in [3.63, 3.8) is 0 Å². The Balaban J connectivity index is 1.43. The lowest BCUT2D eigenvalue weighted by molar-refractivity contribution is -0.672. The topological polar surface area (TPSA) is 73.3 Å². The van der Waals surface area contributed by atoms with Crippen LogP contribution in [0.15, 0.2) is 39.9 Å². The number of aromatic nitrogens is 4. The van der Waals surface area contributed by atoms with E-state index in [1.54, 1.807) is 16.4 Å². The zero-order chi connectivity index (χ0) is 17.6. The van der Waals surface area contributed by atoms with Gasteiger partial charge in [0.25, 0.3) is 0 Å². The van der Waals surface area contributed by atoms with Gasteiger partial charge in [-0.25, -0.2) is 4.68 Å². The summed E-state index contributed by atoms with van der Waals surface area (Å²) < 4.78 is 7.65. The third-order valence-corrected chi connectivity index (χ3v) is 5.41. The Bertz CT molecular complexity index is 832. The summed E-state index contributed by atoms with van der Waals surface area (Å²) in [6, 6.07) is 9.92. The third kappa shape index (κ3) is 4.62. The van der Waals surface area contributed by atoms with Crippen molar-refractivity contribution in [1.29, 1.82) is 0 Å². The molecule has 0 aliphatic carbocycles. The van der Waals surface area contributed by atoms with Crippen LogP contribution in [0.3, 0.4) is 0 Å². The summed E-state index contributed by atoms with van der Waals surface area (Å²) in [7, 11) is 1.85. The van der Waals surface area contributed by atoms with Gasteiger partial charge >= 0.3 is 0 Å². The number of hydrogen-bond donors (Lipinski definition) is 1. The zero-order valence-corrected chi connectivity index (χ0v) is 15.8. The molecule has 6 nitrogen and oxygen atoms in total. The van der Waals surface area contributed by atoms with Crippen molar-refractivity contribution in [1.82, 2.24) is 20.2 Å². The molecule has 0 aliphatic rings. The minimum absolute atomic E-state index is 0.762. The zero-order valence-electron chi connectivity index (χ0n) is 14.3. The van der Waals surface area contributed by atoms with Crippen LogP contribution in [0.1, 0.15) is 17.7 Å². The maximum absolute atomic E-state index is 6.19. The van der Waals surface area contributed by atoms with Gasteiger partial charge in [0.2, 0.25) is 5.16 Å². The number of furan rings is 1. The highest BCUT2D eigenvalue weighted by Gasteiger charge is 2.10. The minimum Gasteiger partial charge on any atom is -0.455 e. The van der Waals surface area contributed by atoms with Gasteiger partial charge in [-0.1, -0.05) is 35.5 Å². The number of quaternary nitrogens is 1. The summed E-state index contributed by atoms with van der Waals surface area (Å²) in [5.41, 5.74) is 2.09. The number of nitrogens with zero attached hydrogens (tertiary/aromatic N) is 4. The van der Waals surface area contributed by atoms with Crippen LogP contribution < -0.4 is 5.32 Å². The van der Waals surface area contributed by atoms with E-state index in [1.807, 2.05) is 44.3 Å². The molecule has 0 bridgehead atoms. The fraction of sp³-hybridized carbons (Fsp3) is 0.353. The van der Waals surface area contributed by atoms with Gasteiger partial charge in [0, 0.05) is 29.8 Å². The molecule has 0 saturated heterocycles. The van der Waals surface area contributed by atoms with E-state index in [-0.39, 0.29) is 0 Å². The lowest BCUT2D eigenvalue weighted by Crippen LogP contribution is -2.82. The van der Waals surface area contributed by atoms with E-state index >= 15 is 0 Å². The molecule has 0 aliphatic heterocycles. The van der Waals surface area contributed by atoms with Gasteiger partial charge < -0.3 is 9.73 Å². The summed E-state index contributed by atoms with van der Waals surface area (Å²) in [6.45, 7) is 3.87. The molecule has 8 heteroatoms. The highest BCUT2D eigenvalue weighted by molar-refractivity contribution is 7.99. The standard InChI is InChI=1S/C17H20ClN5OS/c1-12-14(5-3-6-15(12)18)16-8-7-13(24-16)11-19-9-4-10-25-17-20-21-22-23(17)2/h3,5-8,19H,4,9-11H2,1-2H3/p+1. The van der Waals surface area contributed by atoms with Gasteiger partial charge in [-0.15, -0.1) is 5.10 Å². The van der Waals surface area contributed by atoms with E-state index in [0.29, 0.717) is 0 Å². The molecule has 3 rings (SSSR count). The molecule has 2 heterocycles. The molecule has 0 saturated carbocycles. The summed E-state index contributed by atoms with van der Waals surface area (Å²) in [4.78, 5) is 0. The highest BCUT2D eigenvalue weighted by atomic mass is 35.5. The molecule has 0 spiro atoms. The average Bonchev–Trinajstić information content (AvgIpc) is 3.23. The molecule has 2 N–H and O–H groups in total. The molecule has 132 valence electrons. The molecule has 3 aromatic rings. The summed E-state index contributed by atoms with van der Waals surface area (Å²) in [6.07, 6.45) is 1.08. The van der Waals surface area contributed by atoms with Crippen molar-refractivity contribution in [3.8, 4) is 11.3 Å². The van der Waals surface area contributed by atoms with Crippen LogP contribution >= 0.6 is 23.4 Å². The average molecular weight is 379 g/mol. The minimum atomic E-state index is 0.762. The van der Waals surface area contributed by atoms with Crippen LogP contribution in [0.2, 0.25) is 5.02 Å². The van der Waals surface area contributed by atoms with Crippen molar-refractivity contribution < 1.29 is 9.73 Å². The molecular weight excluding hydrogens is 358 g/mol. The highest BCUT2D eigenvalue weighted by Crippen LogP contribution is 2.29. The first-order chi connectivity index (χ1) is 12.1. The number of nitrogens with two attached hydrogens (primary N) is 1. The Hall–Kier alpha value is -1.83. The predicted octanol–water partition coefficient (Wildman–Crippen LogP) is 2.68. The lowest BCUT2D eigenvalue weighted by Gasteiger charge is -2.04. The van der Waals surface area contributed by atoms with Crippen molar-refractivity contribution in [2.75, 3.05) is 12.3 Å². The monoisotopic (exact) mass is 378 g/mol. The number of aryl methyl sites for hydroxylation is 1. The molecule has 1 aromatic carbocycles. The Kier molecular flexibility index (Phi) is 6.12. The van der Waals surface area contributed by atoms with Crippen LogP contribution in [-0.4, -0.2) is 32.5 Å². The normalized spacial score (nSPS) is 11.2. The Morgan fingerprint density at radius 3 is 2.96 bits per heavy atom. The third-order valence-electron chi connectivity index (χ3n) is 3.91. The van der Waals surface area contributed by atoms with Gasteiger partial charge in [0.1, 0.15) is 12.3 Å². The van der Waals surface area contributed by atoms with Gasteiger partial charge in [-0.05, 0) is 41.1 Å². The summed E-state index contributed by atoms with van der Waals surface area (Å²) in [5, 5.41) is 15.3. The molecule has 2 aromatic heterocycles. The molecule has 0 radical (unpaired) electrons. The fourth-order valence-electron chi connectivity index (χ4n) is 2.49. The van der Waals surface area contributed by atoms with Gasteiger partial charge in [-0.3, -0.25) is 0 Å². The second-order valence-electron chi connectivity index (χ2n) is 5.75. The van der Waals surface area contributed by atoms with E-state index in [1.165, 1.54) is 0 Å². The Labute approximate surface area is 155 Å². The van der Waals surface area contributed by atoms with E-state index in [4.69, 9.17) is 16.0 Å². The second kappa shape index (κ2) is 8.51. The summed E-state index contributed by atoms with van der Waals surface area (Å²) >= 11 is 7.86. The van der Waals surface area contributed by atoms with E-state index in [9.17, 15) is 0 Å². The first-order valence-corrected chi connectivity index (χ1v) is 9.52. The smallest absolute Gasteiger partial charge is 0.209 e. The van der Waals surface area contributed by atoms with Crippen LogP contribution in [0.5, 0.6) is 0 Å². The largest absolute Gasteiger partial charge is 0.455 e. The van der Waals surface area contributed by atoms with Crippen LogP contribution in [0, 0.1) is 6.92 Å². The number of thioether (sulfide) groups is 1. The van der Waals surface area contributed by atoms with Crippen molar-refractivity contribution in [2.24, 2.45) is 7.05 Å². The predicted molar refractivity (Wildman–Crippen MR) is 98.5 cm³/mol. The van der Waals surface area contributed by atoms with E-state index in [0.717, 1.165) is 58.1 Å². The molecule has 0 unspecified atom stereocenters. The molecule has 0 atom stereocenters. The number of hydrogen-bond acceptors (Lipinski definition) is 5. The van der Waals surface area contributed by atoms with Crippen LogP contribution in [-0.2, 0) is 13.6 Å². The number of rotatable bonds is 8. The number of tetrazole rings is 1. The van der Waals surface area contributed by atoms with Crippen molar-refractivity contribution >= 4 is 23.4 Å². The van der Waals surface area contributed by atoms with Crippen LogP contribution in [0.4, 0.5) is 0 Å². The summed E-state index contributed by atoms with van der Waals surface area (Å²) in [5.74, 6) is 2.84. The van der Waals surface area contributed by atoms with Gasteiger partial charge in [0.15, 0.2) is 5.76 Å². The van der Waals surface area contributed by atoms with Crippen molar-refractivity contribution in [3.05, 3.63) is 46.7 Å². The van der Waals surface area contributed by atoms with Gasteiger partial charge in [0.05, 0.1) is 6.54 Å². The first-order valence-electron chi connectivity index (χ1n) is 8.16. The van der Waals surface area contributed by atoms with Crippen molar-refractivity contribution in [2.45, 2.75) is 25.0 Å². The Morgan fingerprint density at radius 1 is 1.28 bits per heavy atom. The molecule has 25 heavy (non-hydrogen) atoms. The quantitative estimate of drug-likeness (QED) is 0.482. The molecule has 0 fully saturated rings. The SMILES string of the molecule is Cc1c(Cl)cccc1-c1ccc(C[NH2+]CCCSc2nnnn2C)o1. The second-order valence-corrected chi connectivity index (χ2v) is 7.22. The van der Waals surface area contributed by atoms with Crippen LogP contribution in [0.25, 0.3) is 11.3 Å². The van der Waals surface area contributed by atoms with E-state index in [2.05, 4.69) is 20.8 Å².